The molecule has 5 rings (SSSR count). The Morgan fingerprint density at radius 2 is 2.00 bits per heavy atom. The van der Waals surface area contributed by atoms with Crippen molar-refractivity contribution in [3.05, 3.63) is 71.8 Å². The van der Waals surface area contributed by atoms with E-state index in [0.717, 1.165) is 72.8 Å². The lowest BCUT2D eigenvalue weighted by atomic mass is 10.1. The number of hydrogen-bond donors (Lipinski definition) is 2. The molecule has 3 aromatic rings. The van der Waals surface area contributed by atoms with E-state index in [1.165, 1.54) is 25.0 Å². The zero-order valence-corrected chi connectivity index (χ0v) is 19.9. The van der Waals surface area contributed by atoms with E-state index in [-0.39, 0.29) is 0 Å². The van der Waals surface area contributed by atoms with Gasteiger partial charge in [-0.05, 0) is 44.2 Å². The van der Waals surface area contributed by atoms with Crippen molar-refractivity contribution in [2.24, 2.45) is 5.10 Å². The van der Waals surface area contributed by atoms with Crippen molar-refractivity contribution < 1.29 is 0 Å². The molecule has 0 unspecified atom stereocenters. The van der Waals surface area contributed by atoms with Crippen LogP contribution in [0.15, 0.2) is 65.6 Å². The van der Waals surface area contributed by atoms with Crippen molar-refractivity contribution in [2.75, 3.05) is 37.0 Å². The molecule has 0 bridgehead atoms. The largest absolute Gasteiger partial charge is 0.374 e. The van der Waals surface area contributed by atoms with Gasteiger partial charge in [-0.25, -0.2) is 9.97 Å². The van der Waals surface area contributed by atoms with Crippen LogP contribution in [0.5, 0.6) is 0 Å². The van der Waals surface area contributed by atoms with Crippen molar-refractivity contribution in [1.82, 2.24) is 19.9 Å². The van der Waals surface area contributed by atoms with Gasteiger partial charge in [-0.3, -0.25) is 5.43 Å². The first-order valence-corrected chi connectivity index (χ1v) is 12.3. The van der Waals surface area contributed by atoms with Gasteiger partial charge in [0.05, 0.1) is 6.21 Å². The minimum Gasteiger partial charge on any atom is -0.374 e. The molecule has 1 saturated heterocycles. The molecule has 176 valence electrons. The summed E-state index contributed by atoms with van der Waals surface area (Å²) in [5.41, 5.74) is 6.69. The number of H-pyrrole nitrogens is 1. The van der Waals surface area contributed by atoms with Gasteiger partial charge in [-0.2, -0.15) is 5.10 Å². The monoisotopic (exact) mass is 455 g/mol. The highest BCUT2D eigenvalue weighted by molar-refractivity contribution is 5.99. The maximum atomic E-state index is 4.93. The average Bonchev–Trinajstić information content (AvgIpc) is 3.29. The standard InChI is InChI=1S/C27H33N7/c1-33-15-8-5-10-22(33)11-9-14-25-30-26(18-27(31-25)34-16-6-2-7-17-34)32-29-20-21-19-28-24-13-4-3-12-23(21)24/h3-5,8,10,12-13,18-20,28H,2,6-7,9,11,14-17H2,1H3,(H,30,31,32)/b29-20+. The number of likely N-dealkylation sites (N-methyl/N-ethyl adjacent to an activating group) is 1. The predicted molar refractivity (Wildman–Crippen MR) is 140 cm³/mol. The zero-order valence-electron chi connectivity index (χ0n) is 19.9. The fraction of sp³-hybridized carbons (Fsp3) is 0.370. The fourth-order valence-electron chi connectivity index (χ4n) is 4.65. The topological polar surface area (TPSA) is 72.4 Å². The smallest absolute Gasteiger partial charge is 0.152 e. The summed E-state index contributed by atoms with van der Waals surface area (Å²) in [4.78, 5) is 17.7. The lowest BCUT2D eigenvalue weighted by Gasteiger charge is -2.28. The van der Waals surface area contributed by atoms with E-state index in [1.54, 1.807) is 0 Å². The highest BCUT2D eigenvalue weighted by Gasteiger charge is 2.15. The number of hydrogen-bond acceptors (Lipinski definition) is 6. The van der Waals surface area contributed by atoms with E-state index in [9.17, 15) is 0 Å². The van der Waals surface area contributed by atoms with Gasteiger partial charge >= 0.3 is 0 Å². The molecule has 34 heavy (non-hydrogen) atoms. The van der Waals surface area contributed by atoms with Crippen LogP contribution in [0.25, 0.3) is 10.9 Å². The van der Waals surface area contributed by atoms with Crippen molar-refractivity contribution in [3.8, 4) is 0 Å². The predicted octanol–water partition coefficient (Wildman–Crippen LogP) is 5.10. The summed E-state index contributed by atoms with van der Waals surface area (Å²) < 4.78 is 0. The van der Waals surface area contributed by atoms with E-state index in [4.69, 9.17) is 9.97 Å². The number of allylic oxidation sites excluding steroid dienone is 3. The number of aromatic amines is 1. The molecule has 7 heteroatoms. The van der Waals surface area contributed by atoms with Crippen LogP contribution in [0.3, 0.4) is 0 Å². The number of piperidine rings is 1. The van der Waals surface area contributed by atoms with Gasteiger partial charge in [0, 0.05) is 67.5 Å². The number of nitrogens with zero attached hydrogens (tertiary/aromatic N) is 5. The highest BCUT2D eigenvalue weighted by Crippen LogP contribution is 2.22. The van der Waals surface area contributed by atoms with Gasteiger partial charge < -0.3 is 14.8 Å². The third kappa shape index (κ3) is 5.30. The fourth-order valence-corrected chi connectivity index (χ4v) is 4.65. The molecule has 2 aromatic heterocycles. The first-order chi connectivity index (χ1) is 16.8. The van der Waals surface area contributed by atoms with Gasteiger partial charge in [-0.1, -0.05) is 30.4 Å². The average molecular weight is 456 g/mol. The zero-order chi connectivity index (χ0) is 23.2. The van der Waals surface area contributed by atoms with E-state index < -0.39 is 0 Å². The molecule has 2 aliphatic rings. The second kappa shape index (κ2) is 10.5. The number of para-hydroxylation sites is 1. The molecular formula is C27H33N7. The Bertz CT molecular complexity index is 1200. The van der Waals surface area contributed by atoms with Crippen LogP contribution in [0, 0.1) is 0 Å². The van der Waals surface area contributed by atoms with Crippen molar-refractivity contribution in [1.29, 1.82) is 0 Å². The van der Waals surface area contributed by atoms with Crippen molar-refractivity contribution >= 4 is 28.8 Å². The summed E-state index contributed by atoms with van der Waals surface area (Å²) in [6.07, 6.45) is 17.0. The summed E-state index contributed by atoms with van der Waals surface area (Å²) in [6.45, 7) is 3.09. The van der Waals surface area contributed by atoms with Crippen molar-refractivity contribution in [2.45, 2.75) is 38.5 Å². The Balaban J connectivity index is 1.30. The molecule has 1 aromatic carbocycles. The van der Waals surface area contributed by atoms with Crippen LogP contribution in [0.2, 0.25) is 0 Å². The van der Waals surface area contributed by atoms with Gasteiger partial charge in [0.2, 0.25) is 0 Å². The third-order valence-electron chi connectivity index (χ3n) is 6.57. The maximum absolute atomic E-state index is 4.93. The number of nitrogens with one attached hydrogen (secondary N) is 2. The third-order valence-corrected chi connectivity index (χ3v) is 6.57. The molecule has 0 radical (unpaired) electrons. The Kier molecular flexibility index (Phi) is 6.89. The van der Waals surface area contributed by atoms with Crippen molar-refractivity contribution in [3.63, 3.8) is 0 Å². The Labute approximate surface area is 201 Å². The Morgan fingerprint density at radius 1 is 1.12 bits per heavy atom. The van der Waals surface area contributed by atoms with E-state index in [1.807, 2.05) is 30.6 Å². The number of benzene rings is 1. The van der Waals surface area contributed by atoms with Crippen LogP contribution in [-0.4, -0.2) is 52.7 Å². The van der Waals surface area contributed by atoms with Crippen LogP contribution in [0.1, 0.15) is 43.5 Å². The molecule has 4 heterocycles. The van der Waals surface area contributed by atoms with E-state index >= 15 is 0 Å². The van der Waals surface area contributed by atoms with Crippen LogP contribution >= 0.6 is 0 Å². The van der Waals surface area contributed by atoms with Gasteiger partial charge in [0.25, 0.3) is 0 Å². The van der Waals surface area contributed by atoms with Crippen LogP contribution in [0.4, 0.5) is 11.6 Å². The molecular weight excluding hydrogens is 422 g/mol. The minimum absolute atomic E-state index is 0.749. The number of hydrazone groups is 1. The SMILES string of the molecule is CN1CC=CC=C1CCCc1nc(N/N=C/c2c[nH]c3ccccc23)cc(N2CCCCC2)n1. The van der Waals surface area contributed by atoms with Gasteiger partial charge in [-0.15, -0.1) is 0 Å². The minimum atomic E-state index is 0.749. The molecule has 0 aliphatic carbocycles. The maximum Gasteiger partial charge on any atom is 0.152 e. The number of aryl methyl sites for hydroxylation is 1. The Morgan fingerprint density at radius 3 is 2.88 bits per heavy atom. The summed E-state index contributed by atoms with van der Waals surface area (Å²) in [6, 6.07) is 10.3. The molecule has 0 atom stereocenters. The van der Waals surface area contributed by atoms with E-state index in [2.05, 4.69) is 62.7 Å². The first-order valence-electron chi connectivity index (χ1n) is 12.3. The highest BCUT2D eigenvalue weighted by atomic mass is 15.3. The van der Waals surface area contributed by atoms with Crippen LogP contribution < -0.4 is 10.3 Å². The number of aromatic nitrogens is 3. The molecule has 0 saturated carbocycles. The second-order valence-corrected chi connectivity index (χ2v) is 9.06. The molecule has 0 amide bonds. The summed E-state index contributed by atoms with van der Waals surface area (Å²) in [7, 11) is 2.15. The lowest BCUT2D eigenvalue weighted by Crippen LogP contribution is -2.30. The van der Waals surface area contributed by atoms with Crippen LogP contribution in [-0.2, 0) is 6.42 Å². The quantitative estimate of drug-likeness (QED) is 0.365. The molecule has 2 aliphatic heterocycles. The second-order valence-electron chi connectivity index (χ2n) is 9.06. The summed E-state index contributed by atoms with van der Waals surface area (Å²) in [5.74, 6) is 2.63. The molecule has 7 nitrogen and oxygen atoms in total. The number of anilines is 2. The molecule has 0 spiro atoms. The number of fused-ring (bicyclic) bond motifs is 1. The Hall–Kier alpha value is -3.61. The molecule has 2 N–H and O–H groups in total. The van der Waals surface area contributed by atoms with E-state index in [0.29, 0.717) is 0 Å². The summed E-state index contributed by atoms with van der Waals surface area (Å²) >= 11 is 0. The number of rotatable bonds is 8. The first kappa shape index (κ1) is 22.2. The lowest BCUT2D eigenvalue weighted by molar-refractivity contribution is 0.433. The normalized spacial score (nSPS) is 16.4. The molecule has 1 fully saturated rings. The summed E-state index contributed by atoms with van der Waals surface area (Å²) in [5, 5.41) is 5.65. The van der Waals surface area contributed by atoms with Gasteiger partial charge in [0.1, 0.15) is 11.6 Å². The van der Waals surface area contributed by atoms with Gasteiger partial charge in [0.15, 0.2) is 5.82 Å².